The molecule has 6 rings (SSSR count). The van der Waals surface area contributed by atoms with Crippen LogP contribution in [0.15, 0.2) is 60.7 Å². The first-order valence-electron chi connectivity index (χ1n) is 15.2. The second-order valence-electron chi connectivity index (χ2n) is 12.2. The number of fused-ring (bicyclic) bond motifs is 3. The lowest BCUT2D eigenvalue weighted by molar-refractivity contribution is -0.141. The molecule has 7 heteroatoms. The Balaban J connectivity index is 1.13. The lowest BCUT2D eigenvalue weighted by Gasteiger charge is -2.22. The van der Waals surface area contributed by atoms with Gasteiger partial charge in [0.25, 0.3) is 0 Å². The second-order valence-corrected chi connectivity index (χ2v) is 14.5. The van der Waals surface area contributed by atoms with Crippen LogP contribution >= 0.6 is 0 Å². The zero-order valence-electron chi connectivity index (χ0n) is 24.3. The molecule has 1 atom stereocenters. The number of carbonyl (C=O) groups excluding carboxylic acids is 1. The summed E-state index contributed by atoms with van der Waals surface area (Å²) in [5.41, 5.74) is 7.41. The highest BCUT2D eigenvalue weighted by molar-refractivity contribution is 7.91. The van der Waals surface area contributed by atoms with Crippen molar-refractivity contribution in [3.05, 3.63) is 82.9 Å². The summed E-state index contributed by atoms with van der Waals surface area (Å²) < 4.78 is 40.9. The van der Waals surface area contributed by atoms with E-state index in [1.807, 2.05) is 18.2 Å². The van der Waals surface area contributed by atoms with E-state index in [1.165, 1.54) is 29.4 Å². The molecular weight excluding hydrogens is 548 g/mol. The Labute approximate surface area is 249 Å². The number of ether oxygens (including phenoxy) is 3. The van der Waals surface area contributed by atoms with Crippen LogP contribution in [0.2, 0.25) is 0 Å². The zero-order chi connectivity index (χ0) is 29.1. The average Bonchev–Trinajstić information content (AvgIpc) is 3.85. The van der Waals surface area contributed by atoms with Crippen LogP contribution in [0.25, 0.3) is 11.1 Å². The first kappa shape index (κ1) is 28.8. The Bertz CT molecular complexity index is 1530. The molecule has 1 saturated carbocycles. The molecule has 42 heavy (non-hydrogen) atoms. The lowest BCUT2D eigenvalue weighted by atomic mass is 9.91. The van der Waals surface area contributed by atoms with Crippen LogP contribution in [0.1, 0.15) is 66.7 Å². The van der Waals surface area contributed by atoms with Crippen LogP contribution in [0.4, 0.5) is 0 Å². The molecule has 3 aromatic carbocycles. The van der Waals surface area contributed by atoms with E-state index in [9.17, 15) is 13.2 Å². The van der Waals surface area contributed by atoms with E-state index < -0.39 is 9.84 Å². The number of benzene rings is 3. The Hall–Kier alpha value is -3.32. The fourth-order valence-corrected chi connectivity index (χ4v) is 8.01. The Morgan fingerprint density at radius 3 is 2.43 bits per heavy atom. The average molecular weight is 589 g/mol. The van der Waals surface area contributed by atoms with Gasteiger partial charge in [-0.25, -0.2) is 8.42 Å². The summed E-state index contributed by atoms with van der Waals surface area (Å²) in [6.45, 7) is 1.03. The molecule has 0 amide bonds. The van der Waals surface area contributed by atoms with E-state index in [2.05, 4.69) is 42.5 Å². The van der Waals surface area contributed by atoms with Crippen LogP contribution in [-0.2, 0) is 38.8 Å². The second kappa shape index (κ2) is 12.5. The minimum atomic E-state index is -2.86. The van der Waals surface area contributed by atoms with Crippen molar-refractivity contribution in [1.82, 2.24) is 0 Å². The van der Waals surface area contributed by atoms with E-state index >= 15 is 0 Å². The highest BCUT2D eigenvalue weighted by Crippen LogP contribution is 2.45. The maximum Gasteiger partial charge on any atom is 0.306 e. The van der Waals surface area contributed by atoms with Crippen molar-refractivity contribution in [2.75, 3.05) is 25.2 Å². The molecule has 1 heterocycles. The van der Waals surface area contributed by atoms with E-state index in [4.69, 9.17) is 14.2 Å². The predicted molar refractivity (Wildman–Crippen MR) is 164 cm³/mol. The Morgan fingerprint density at radius 1 is 0.857 bits per heavy atom. The van der Waals surface area contributed by atoms with Crippen molar-refractivity contribution in [2.45, 2.75) is 63.9 Å². The quantitative estimate of drug-likeness (QED) is 0.246. The third-order valence-electron chi connectivity index (χ3n) is 9.09. The number of hydrogen-bond acceptors (Lipinski definition) is 6. The highest BCUT2D eigenvalue weighted by atomic mass is 32.2. The third kappa shape index (κ3) is 7.00. The number of esters is 1. The molecule has 2 aliphatic carbocycles. The topological polar surface area (TPSA) is 78.9 Å². The van der Waals surface area contributed by atoms with Gasteiger partial charge in [-0.05, 0) is 126 Å². The van der Waals surface area contributed by atoms with Gasteiger partial charge in [-0.15, -0.1) is 0 Å². The van der Waals surface area contributed by atoms with Gasteiger partial charge in [0.15, 0.2) is 0 Å². The summed E-state index contributed by atoms with van der Waals surface area (Å²) >= 11 is 0. The summed E-state index contributed by atoms with van der Waals surface area (Å²) in [6, 6.07) is 21.2. The lowest BCUT2D eigenvalue weighted by Crippen LogP contribution is -2.26. The number of sulfone groups is 1. The highest BCUT2D eigenvalue weighted by Gasteiger charge is 2.34. The SMILES string of the molecule is COC(=O)CC(c1cccc(OCc2ccc3c(c2)-c2ccc(OCC4CCS(=O)(=O)CC4)cc2CCC3)c1)C1CC1. The fraction of sp³-hybridized carbons (Fsp3) is 0.457. The molecule has 1 unspecified atom stereocenters. The molecule has 1 aliphatic heterocycles. The van der Waals surface area contributed by atoms with Crippen LogP contribution in [0.5, 0.6) is 11.5 Å². The van der Waals surface area contributed by atoms with Gasteiger partial charge >= 0.3 is 5.97 Å². The van der Waals surface area contributed by atoms with Gasteiger partial charge in [-0.2, -0.15) is 0 Å². The van der Waals surface area contributed by atoms with Gasteiger partial charge in [-0.1, -0.05) is 30.3 Å². The number of hydrogen-bond donors (Lipinski definition) is 0. The summed E-state index contributed by atoms with van der Waals surface area (Å²) in [4.78, 5) is 12.0. The zero-order valence-corrected chi connectivity index (χ0v) is 25.2. The fourth-order valence-electron chi connectivity index (χ4n) is 6.42. The molecule has 0 aromatic heterocycles. The van der Waals surface area contributed by atoms with Crippen LogP contribution in [-0.4, -0.2) is 39.6 Å². The monoisotopic (exact) mass is 588 g/mol. The molecule has 0 bridgehead atoms. The normalized spacial score (nSPS) is 18.7. The van der Waals surface area contributed by atoms with Crippen LogP contribution in [0.3, 0.4) is 0 Å². The van der Waals surface area contributed by atoms with Gasteiger partial charge < -0.3 is 14.2 Å². The van der Waals surface area contributed by atoms with Crippen molar-refractivity contribution in [1.29, 1.82) is 0 Å². The van der Waals surface area contributed by atoms with Gasteiger partial charge in [0, 0.05) is 0 Å². The Kier molecular flexibility index (Phi) is 8.57. The molecule has 3 aliphatic rings. The van der Waals surface area contributed by atoms with Crippen LogP contribution in [0, 0.1) is 11.8 Å². The van der Waals surface area contributed by atoms with Gasteiger partial charge in [-0.3, -0.25) is 4.79 Å². The molecule has 222 valence electrons. The van der Waals surface area contributed by atoms with Crippen LogP contribution < -0.4 is 9.47 Å². The summed E-state index contributed by atoms with van der Waals surface area (Å²) in [5, 5.41) is 0. The summed E-state index contributed by atoms with van der Waals surface area (Å²) in [7, 11) is -1.41. The molecule has 3 aromatic rings. The minimum absolute atomic E-state index is 0.163. The molecule has 0 radical (unpaired) electrons. The molecule has 2 fully saturated rings. The van der Waals surface area contributed by atoms with Crippen molar-refractivity contribution in [2.24, 2.45) is 11.8 Å². The maximum absolute atomic E-state index is 12.0. The van der Waals surface area contributed by atoms with Crippen molar-refractivity contribution < 1.29 is 27.4 Å². The van der Waals surface area contributed by atoms with Crippen molar-refractivity contribution in [3.8, 4) is 22.6 Å². The van der Waals surface area contributed by atoms with Gasteiger partial charge in [0.05, 0.1) is 31.6 Å². The van der Waals surface area contributed by atoms with Crippen molar-refractivity contribution >= 4 is 15.8 Å². The Morgan fingerprint density at radius 2 is 1.64 bits per heavy atom. The first-order chi connectivity index (χ1) is 20.4. The summed E-state index contributed by atoms with van der Waals surface area (Å²) in [6.07, 6.45) is 7.20. The summed E-state index contributed by atoms with van der Waals surface area (Å²) in [5.74, 6) is 3.08. The number of rotatable bonds is 10. The standard InChI is InChI=1S/C35H40O6S/c1-39-35(36)21-33(27-10-11-27)29-6-3-7-30(20-29)41-23-25-8-9-26-4-2-5-28-19-31(12-13-32(28)34(26)18-25)40-22-24-14-16-42(37,38)17-15-24/h3,6-9,12-13,18-20,24,27,33H,2,4-5,10-11,14-17,21-23H2,1H3. The van der Waals surface area contributed by atoms with Crippen molar-refractivity contribution in [3.63, 3.8) is 0 Å². The molecular formula is C35H40O6S. The number of carbonyl (C=O) groups is 1. The van der Waals surface area contributed by atoms with E-state index in [0.29, 0.717) is 44.3 Å². The molecule has 6 nitrogen and oxygen atoms in total. The number of methoxy groups -OCH3 is 1. The van der Waals surface area contributed by atoms with E-state index in [0.717, 1.165) is 54.7 Å². The number of aryl methyl sites for hydroxylation is 2. The van der Waals surface area contributed by atoms with E-state index in [1.54, 1.807) is 0 Å². The van der Waals surface area contributed by atoms with Gasteiger partial charge in [0.2, 0.25) is 0 Å². The third-order valence-corrected chi connectivity index (χ3v) is 10.8. The molecule has 0 spiro atoms. The molecule has 0 N–H and O–H groups in total. The van der Waals surface area contributed by atoms with Gasteiger partial charge in [0.1, 0.15) is 27.9 Å². The largest absolute Gasteiger partial charge is 0.493 e. The molecule has 1 saturated heterocycles. The maximum atomic E-state index is 12.0. The minimum Gasteiger partial charge on any atom is -0.493 e. The predicted octanol–water partition coefficient (Wildman–Crippen LogP) is 6.68. The smallest absolute Gasteiger partial charge is 0.306 e. The first-order valence-corrected chi connectivity index (χ1v) is 17.1. The van der Waals surface area contributed by atoms with E-state index in [-0.39, 0.29) is 23.4 Å².